The van der Waals surface area contributed by atoms with Gasteiger partial charge in [-0.15, -0.1) is 0 Å². The number of carbonyl (C=O) groups excluding carboxylic acids is 1. The number of aryl methyl sites for hydroxylation is 1. The molecular formula is C19H15NO. The molecular weight excluding hydrogens is 258 g/mol. The number of benzene rings is 2. The third kappa shape index (κ3) is 1.83. The summed E-state index contributed by atoms with van der Waals surface area (Å²) >= 11 is 0. The highest BCUT2D eigenvalue weighted by Crippen LogP contribution is 2.30. The Morgan fingerprint density at radius 3 is 2.67 bits per heavy atom. The minimum absolute atomic E-state index is 0.162. The Balaban J connectivity index is 1.86. The van der Waals surface area contributed by atoms with Gasteiger partial charge in [0.05, 0.1) is 0 Å². The number of para-hydroxylation sites is 1. The Morgan fingerprint density at radius 2 is 1.81 bits per heavy atom. The monoisotopic (exact) mass is 273 g/mol. The van der Waals surface area contributed by atoms with E-state index in [0.29, 0.717) is 0 Å². The van der Waals surface area contributed by atoms with Gasteiger partial charge in [-0.1, -0.05) is 42.5 Å². The second kappa shape index (κ2) is 4.45. The molecule has 4 rings (SSSR count). The Kier molecular flexibility index (Phi) is 2.58. The SMILES string of the molecule is Cc1[nH]c2ccccc2c1/C=C1\Cc2ccccc2C1=O. The van der Waals surface area contributed by atoms with E-state index in [-0.39, 0.29) is 5.78 Å². The van der Waals surface area contributed by atoms with E-state index in [1.165, 1.54) is 5.39 Å². The first-order valence-electron chi connectivity index (χ1n) is 7.14. The molecule has 2 nitrogen and oxygen atoms in total. The lowest BCUT2D eigenvalue weighted by Gasteiger charge is -1.97. The Morgan fingerprint density at radius 1 is 1.05 bits per heavy atom. The van der Waals surface area contributed by atoms with E-state index < -0.39 is 0 Å². The number of carbonyl (C=O) groups is 1. The molecule has 0 amide bonds. The van der Waals surface area contributed by atoms with Crippen LogP contribution in [0.2, 0.25) is 0 Å². The highest BCUT2D eigenvalue weighted by molar-refractivity contribution is 6.16. The summed E-state index contributed by atoms with van der Waals surface area (Å²) in [5.74, 6) is 0.162. The predicted octanol–water partition coefficient (Wildman–Crippen LogP) is 4.30. The first-order chi connectivity index (χ1) is 10.2. The minimum atomic E-state index is 0.162. The molecule has 1 aliphatic rings. The van der Waals surface area contributed by atoms with Crippen LogP contribution in [0.3, 0.4) is 0 Å². The molecule has 1 heterocycles. The van der Waals surface area contributed by atoms with Crippen LogP contribution in [0.5, 0.6) is 0 Å². The zero-order valence-corrected chi connectivity index (χ0v) is 11.8. The first kappa shape index (κ1) is 12.2. The van der Waals surface area contributed by atoms with Gasteiger partial charge in [-0.2, -0.15) is 0 Å². The van der Waals surface area contributed by atoms with Gasteiger partial charge in [-0.3, -0.25) is 4.79 Å². The van der Waals surface area contributed by atoms with Gasteiger partial charge >= 0.3 is 0 Å². The molecule has 2 aromatic carbocycles. The Labute approximate surface area is 123 Å². The van der Waals surface area contributed by atoms with Crippen LogP contribution >= 0.6 is 0 Å². The first-order valence-corrected chi connectivity index (χ1v) is 7.14. The summed E-state index contributed by atoms with van der Waals surface area (Å²) in [6.45, 7) is 2.05. The number of nitrogens with one attached hydrogen (secondary N) is 1. The average Bonchev–Trinajstić information content (AvgIpc) is 2.99. The van der Waals surface area contributed by atoms with Crippen molar-refractivity contribution in [3.05, 3.63) is 76.5 Å². The van der Waals surface area contributed by atoms with Gasteiger partial charge in [0, 0.05) is 39.7 Å². The van der Waals surface area contributed by atoms with Gasteiger partial charge in [-0.25, -0.2) is 0 Å². The molecule has 0 saturated heterocycles. The molecule has 1 N–H and O–H groups in total. The molecule has 0 radical (unpaired) electrons. The lowest BCUT2D eigenvalue weighted by molar-refractivity contribution is 0.104. The number of aromatic amines is 1. The van der Waals surface area contributed by atoms with E-state index in [2.05, 4.69) is 30.1 Å². The van der Waals surface area contributed by atoms with E-state index in [1.54, 1.807) is 0 Å². The van der Waals surface area contributed by atoms with Crippen molar-refractivity contribution >= 4 is 22.8 Å². The summed E-state index contributed by atoms with van der Waals surface area (Å²) < 4.78 is 0. The fourth-order valence-corrected chi connectivity index (χ4v) is 3.13. The Bertz CT molecular complexity index is 899. The van der Waals surface area contributed by atoms with Gasteiger partial charge in [-0.05, 0) is 24.6 Å². The van der Waals surface area contributed by atoms with Crippen molar-refractivity contribution in [1.82, 2.24) is 4.98 Å². The molecule has 0 aliphatic heterocycles. The molecule has 102 valence electrons. The van der Waals surface area contributed by atoms with Crippen molar-refractivity contribution in [1.29, 1.82) is 0 Å². The fraction of sp³-hybridized carbons (Fsp3) is 0.105. The smallest absolute Gasteiger partial charge is 0.189 e. The molecule has 2 heteroatoms. The van der Waals surface area contributed by atoms with E-state index in [9.17, 15) is 4.79 Å². The summed E-state index contributed by atoms with van der Waals surface area (Å²) in [5, 5.41) is 1.17. The van der Waals surface area contributed by atoms with Crippen LogP contribution in [0.25, 0.3) is 17.0 Å². The van der Waals surface area contributed by atoms with E-state index in [4.69, 9.17) is 0 Å². The summed E-state index contributed by atoms with van der Waals surface area (Å²) in [7, 11) is 0. The minimum Gasteiger partial charge on any atom is -0.358 e. The van der Waals surface area contributed by atoms with Crippen molar-refractivity contribution < 1.29 is 4.79 Å². The molecule has 0 unspecified atom stereocenters. The number of allylic oxidation sites excluding steroid dienone is 1. The lowest BCUT2D eigenvalue weighted by atomic mass is 10.0. The number of ketones is 1. The maximum Gasteiger partial charge on any atom is 0.189 e. The van der Waals surface area contributed by atoms with Crippen LogP contribution in [0, 0.1) is 6.92 Å². The molecule has 0 saturated carbocycles. The van der Waals surface area contributed by atoms with Crippen LogP contribution in [0.1, 0.15) is 27.2 Å². The molecule has 21 heavy (non-hydrogen) atoms. The summed E-state index contributed by atoms with van der Waals surface area (Å²) in [5.41, 5.74) is 6.20. The van der Waals surface area contributed by atoms with Gasteiger partial charge in [0.15, 0.2) is 5.78 Å². The molecule has 0 bridgehead atoms. The zero-order valence-electron chi connectivity index (χ0n) is 11.8. The van der Waals surface area contributed by atoms with E-state index in [0.717, 1.165) is 39.9 Å². The van der Waals surface area contributed by atoms with Crippen molar-refractivity contribution in [2.24, 2.45) is 0 Å². The fourth-order valence-electron chi connectivity index (χ4n) is 3.13. The zero-order chi connectivity index (χ0) is 14.4. The second-order valence-corrected chi connectivity index (χ2v) is 5.54. The van der Waals surface area contributed by atoms with Crippen molar-refractivity contribution in [3.8, 4) is 0 Å². The van der Waals surface area contributed by atoms with Gasteiger partial charge in [0.25, 0.3) is 0 Å². The number of rotatable bonds is 1. The molecule has 0 spiro atoms. The number of aromatic nitrogens is 1. The quantitative estimate of drug-likeness (QED) is 0.659. The van der Waals surface area contributed by atoms with Crippen molar-refractivity contribution in [3.63, 3.8) is 0 Å². The summed E-state index contributed by atoms with van der Waals surface area (Å²) in [6, 6.07) is 16.1. The third-order valence-electron chi connectivity index (χ3n) is 4.20. The van der Waals surface area contributed by atoms with Crippen LogP contribution in [-0.2, 0) is 6.42 Å². The molecule has 0 atom stereocenters. The topological polar surface area (TPSA) is 32.9 Å². The van der Waals surface area contributed by atoms with Gasteiger partial charge < -0.3 is 4.98 Å². The van der Waals surface area contributed by atoms with Gasteiger partial charge in [0.2, 0.25) is 0 Å². The number of Topliss-reactive ketones (excluding diaryl/α,β-unsaturated/α-hetero) is 1. The molecule has 3 aromatic rings. The van der Waals surface area contributed by atoms with Gasteiger partial charge in [0.1, 0.15) is 0 Å². The summed E-state index contributed by atoms with van der Waals surface area (Å²) in [6.07, 6.45) is 2.78. The maximum atomic E-state index is 12.5. The van der Waals surface area contributed by atoms with Crippen molar-refractivity contribution in [2.45, 2.75) is 13.3 Å². The van der Waals surface area contributed by atoms with Crippen LogP contribution in [-0.4, -0.2) is 10.8 Å². The van der Waals surface area contributed by atoms with Crippen LogP contribution in [0.4, 0.5) is 0 Å². The lowest BCUT2D eigenvalue weighted by Crippen LogP contribution is -1.95. The standard InChI is InChI=1S/C19H15NO/c1-12-17(16-8-4-5-9-18(16)20-12)11-14-10-13-6-2-3-7-15(13)19(14)21/h2-9,11,20H,10H2,1H3/b14-11+. The van der Waals surface area contributed by atoms with Crippen LogP contribution in [0.15, 0.2) is 54.1 Å². The maximum absolute atomic E-state index is 12.5. The van der Waals surface area contributed by atoms with E-state index in [1.807, 2.05) is 36.4 Å². The average molecular weight is 273 g/mol. The molecule has 1 aliphatic carbocycles. The largest absolute Gasteiger partial charge is 0.358 e. The van der Waals surface area contributed by atoms with Crippen LogP contribution < -0.4 is 0 Å². The number of hydrogen-bond acceptors (Lipinski definition) is 1. The number of hydrogen-bond donors (Lipinski definition) is 1. The highest BCUT2D eigenvalue weighted by Gasteiger charge is 2.24. The second-order valence-electron chi connectivity index (χ2n) is 5.54. The van der Waals surface area contributed by atoms with Crippen molar-refractivity contribution in [2.75, 3.05) is 0 Å². The number of fused-ring (bicyclic) bond motifs is 2. The third-order valence-corrected chi connectivity index (χ3v) is 4.20. The predicted molar refractivity (Wildman–Crippen MR) is 85.5 cm³/mol. The number of H-pyrrole nitrogens is 1. The highest BCUT2D eigenvalue weighted by atomic mass is 16.1. The summed E-state index contributed by atoms with van der Waals surface area (Å²) in [4.78, 5) is 15.9. The molecule has 0 fully saturated rings. The molecule has 1 aromatic heterocycles. The Hall–Kier alpha value is -2.61. The normalized spacial score (nSPS) is 15.9. The van der Waals surface area contributed by atoms with E-state index >= 15 is 0 Å².